The highest BCUT2D eigenvalue weighted by molar-refractivity contribution is 6.26. The van der Waals surface area contributed by atoms with Crippen LogP contribution in [-0.4, -0.2) is 34.3 Å². The molecule has 0 fully saturated rings. The summed E-state index contributed by atoms with van der Waals surface area (Å²) in [5.41, 5.74) is 0.829. The minimum Gasteiger partial charge on any atom is -0.360 e. The summed E-state index contributed by atoms with van der Waals surface area (Å²) in [6.07, 6.45) is 0. The number of hydrogen-bond donors (Lipinski definition) is 1. The van der Waals surface area contributed by atoms with E-state index in [9.17, 15) is 14.4 Å². The van der Waals surface area contributed by atoms with E-state index in [1.165, 1.54) is 0 Å². The van der Waals surface area contributed by atoms with Crippen molar-refractivity contribution in [3.8, 4) is 0 Å². The molecule has 2 heterocycles. The van der Waals surface area contributed by atoms with Crippen molar-refractivity contribution < 1.29 is 18.9 Å². The molecule has 1 N–H and O–H groups in total. The van der Waals surface area contributed by atoms with Crippen LogP contribution in [0.2, 0.25) is 0 Å². The third kappa shape index (κ3) is 2.46. The first-order chi connectivity index (χ1) is 12.0. The van der Waals surface area contributed by atoms with Gasteiger partial charge in [0.05, 0.1) is 0 Å². The minimum atomic E-state index is -0.526. The maximum atomic E-state index is 12.7. The SMILES string of the molecule is Cc1cc(NC(=O)CN2C(=O)c3cccc4cccc(c34)C2=O)no1. The van der Waals surface area contributed by atoms with E-state index in [1.54, 1.807) is 37.3 Å². The first-order valence-electron chi connectivity index (χ1n) is 7.66. The van der Waals surface area contributed by atoms with Crippen LogP contribution < -0.4 is 5.32 Å². The highest BCUT2D eigenvalue weighted by Crippen LogP contribution is 2.29. The summed E-state index contributed by atoms with van der Waals surface area (Å²) in [5.74, 6) is -0.717. The van der Waals surface area contributed by atoms with E-state index in [0.29, 0.717) is 22.3 Å². The van der Waals surface area contributed by atoms with Crippen LogP contribution in [0.15, 0.2) is 47.0 Å². The van der Waals surface area contributed by atoms with E-state index in [0.717, 1.165) is 10.3 Å². The Morgan fingerprint density at radius 3 is 2.32 bits per heavy atom. The average Bonchev–Trinajstić information content (AvgIpc) is 3.01. The Morgan fingerprint density at radius 2 is 1.76 bits per heavy atom. The number of nitrogens with zero attached hydrogens (tertiary/aromatic N) is 2. The number of hydrogen-bond acceptors (Lipinski definition) is 5. The third-order valence-corrected chi connectivity index (χ3v) is 4.05. The number of aryl methyl sites for hydroxylation is 1. The van der Waals surface area contributed by atoms with Crippen LogP contribution in [0.25, 0.3) is 10.8 Å². The van der Waals surface area contributed by atoms with Gasteiger partial charge in [-0.2, -0.15) is 0 Å². The second-order valence-electron chi connectivity index (χ2n) is 5.78. The van der Waals surface area contributed by atoms with Gasteiger partial charge in [0.2, 0.25) is 5.91 Å². The zero-order valence-electron chi connectivity index (χ0n) is 13.3. The number of imide groups is 1. The number of rotatable bonds is 3. The molecule has 0 saturated carbocycles. The van der Waals surface area contributed by atoms with E-state index in [4.69, 9.17) is 4.52 Å². The van der Waals surface area contributed by atoms with Gasteiger partial charge in [-0.05, 0) is 24.4 Å². The monoisotopic (exact) mass is 335 g/mol. The van der Waals surface area contributed by atoms with Gasteiger partial charge in [-0.1, -0.05) is 29.4 Å². The molecule has 3 amide bonds. The highest BCUT2D eigenvalue weighted by atomic mass is 16.5. The van der Waals surface area contributed by atoms with Gasteiger partial charge in [-0.3, -0.25) is 19.3 Å². The zero-order valence-corrected chi connectivity index (χ0v) is 13.3. The van der Waals surface area contributed by atoms with Crippen molar-refractivity contribution in [2.24, 2.45) is 0 Å². The number of aromatic nitrogens is 1. The lowest BCUT2D eigenvalue weighted by Gasteiger charge is -2.26. The number of nitrogens with one attached hydrogen (secondary N) is 1. The van der Waals surface area contributed by atoms with E-state index < -0.39 is 24.3 Å². The predicted molar refractivity (Wildman–Crippen MR) is 89.2 cm³/mol. The number of amides is 3. The van der Waals surface area contributed by atoms with Crippen LogP contribution in [0.4, 0.5) is 5.82 Å². The molecule has 0 unspecified atom stereocenters. The van der Waals surface area contributed by atoms with Crippen molar-refractivity contribution in [1.82, 2.24) is 10.1 Å². The molecular weight excluding hydrogens is 322 g/mol. The minimum absolute atomic E-state index is 0.238. The van der Waals surface area contributed by atoms with Crippen LogP contribution >= 0.6 is 0 Å². The van der Waals surface area contributed by atoms with E-state index in [-0.39, 0.29) is 5.82 Å². The Balaban J connectivity index is 1.65. The summed E-state index contributed by atoms with van der Waals surface area (Å²) >= 11 is 0. The summed E-state index contributed by atoms with van der Waals surface area (Å²) in [6, 6.07) is 12.1. The second-order valence-corrected chi connectivity index (χ2v) is 5.78. The molecule has 1 aromatic heterocycles. The van der Waals surface area contributed by atoms with Gasteiger partial charge in [-0.15, -0.1) is 0 Å². The summed E-state index contributed by atoms with van der Waals surface area (Å²) in [5, 5.41) is 7.62. The van der Waals surface area contributed by atoms with Crippen LogP contribution in [0.1, 0.15) is 26.5 Å². The predicted octanol–water partition coefficient (Wildman–Crippen LogP) is 2.37. The van der Waals surface area contributed by atoms with Gasteiger partial charge < -0.3 is 9.84 Å². The van der Waals surface area contributed by atoms with E-state index >= 15 is 0 Å². The van der Waals surface area contributed by atoms with Gasteiger partial charge in [0.1, 0.15) is 12.3 Å². The molecule has 0 aliphatic carbocycles. The molecule has 0 atom stereocenters. The van der Waals surface area contributed by atoms with E-state index in [2.05, 4.69) is 10.5 Å². The number of anilines is 1. The molecule has 3 aromatic rings. The Labute approximate surface area is 142 Å². The van der Waals surface area contributed by atoms with Crippen LogP contribution in [0, 0.1) is 6.92 Å². The molecule has 0 radical (unpaired) electrons. The number of carbonyl (C=O) groups excluding carboxylic acids is 3. The molecule has 25 heavy (non-hydrogen) atoms. The first-order valence-corrected chi connectivity index (χ1v) is 7.66. The lowest BCUT2D eigenvalue weighted by atomic mass is 9.94. The molecule has 124 valence electrons. The lowest BCUT2D eigenvalue weighted by molar-refractivity contribution is -0.116. The lowest BCUT2D eigenvalue weighted by Crippen LogP contribution is -2.44. The Morgan fingerprint density at radius 1 is 1.12 bits per heavy atom. The largest absolute Gasteiger partial charge is 0.360 e. The summed E-state index contributed by atoms with van der Waals surface area (Å²) in [6.45, 7) is 1.30. The molecule has 1 aliphatic rings. The fourth-order valence-electron chi connectivity index (χ4n) is 2.98. The maximum absolute atomic E-state index is 12.7. The maximum Gasteiger partial charge on any atom is 0.261 e. The van der Waals surface area contributed by atoms with Gasteiger partial charge in [0, 0.05) is 22.6 Å². The van der Waals surface area contributed by atoms with Gasteiger partial charge in [0.15, 0.2) is 5.82 Å². The summed E-state index contributed by atoms with van der Waals surface area (Å²) in [4.78, 5) is 38.5. The van der Waals surface area contributed by atoms with Crippen molar-refractivity contribution in [2.45, 2.75) is 6.92 Å². The molecule has 0 bridgehead atoms. The highest BCUT2D eigenvalue weighted by Gasteiger charge is 2.33. The van der Waals surface area contributed by atoms with E-state index in [1.807, 2.05) is 12.1 Å². The first kappa shape index (κ1) is 15.1. The Bertz CT molecular complexity index is 987. The zero-order chi connectivity index (χ0) is 17.6. The normalized spacial score (nSPS) is 13.4. The Hall–Kier alpha value is -3.48. The topological polar surface area (TPSA) is 92.5 Å². The third-order valence-electron chi connectivity index (χ3n) is 4.05. The fraction of sp³-hybridized carbons (Fsp3) is 0.111. The van der Waals surface area contributed by atoms with Gasteiger partial charge in [0.25, 0.3) is 11.8 Å². The van der Waals surface area contributed by atoms with Crippen LogP contribution in [-0.2, 0) is 4.79 Å². The standard InChI is InChI=1S/C18H13N3O4/c1-10-8-14(20-25-10)19-15(22)9-21-17(23)12-6-2-4-11-5-3-7-13(16(11)12)18(21)24/h2-8H,9H2,1H3,(H,19,20,22). The molecular formula is C18H13N3O4. The summed E-state index contributed by atoms with van der Waals surface area (Å²) < 4.78 is 4.87. The molecule has 0 spiro atoms. The van der Waals surface area contributed by atoms with Crippen molar-refractivity contribution >= 4 is 34.3 Å². The van der Waals surface area contributed by atoms with Crippen molar-refractivity contribution in [2.75, 3.05) is 11.9 Å². The molecule has 4 rings (SSSR count). The molecule has 7 heteroatoms. The number of benzene rings is 2. The molecule has 7 nitrogen and oxygen atoms in total. The average molecular weight is 335 g/mol. The van der Waals surface area contributed by atoms with Crippen LogP contribution in [0.3, 0.4) is 0 Å². The molecule has 1 aliphatic heterocycles. The van der Waals surface area contributed by atoms with Gasteiger partial charge in [-0.25, -0.2) is 0 Å². The van der Waals surface area contributed by atoms with Gasteiger partial charge >= 0.3 is 0 Å². The van der Waals surface area contributed by atoms with Crippen molar-refractivity contribution in [3.05, 3.63) is 59.4 Å². The van der Waals surface area contributed by atoms with Crippen LogP contribution in [0.5, 0.6) is 0 Å². The quantitative estimate of drug-likeness (QED) is 0.742. The summed E-state index contributed by atoms with van der Waals surface area (Å²) in [7, 11) is 0. The smallest absolute Gasteiger partial charge is 0.261 e. The molecule has 2 aromatic carbocycles. The van der Waals surface area contributed by atoms with Crippen molar-refractivity contribution in [1.29, 1.82) is 0 Å². The Kier molecular flexibility index (Phi) is 3.35. The second kappa shape index (κ2) is 5.55. The van der Waals surface area contributed by atoms with Crippen molar-refractivity contribution in [3.63, 3.8) is 0 Å². The molecule has 0 saturated heterocycles. The number of carbonyl (C=O) groups is 3. The fourth-order valence-corrected chi connectivity index (χ4v) is 2.98.